The lowest BCUT2D eigenvalue weighted by Gasteiger charge is -2.38. The molecule has 0 radical (unpaired) electrons. The maximum atomic E-state index is 6.36. The molecule has 1 heterocycles. The van der Waals surface area contributed by atoms with Gasteiger partial charge in [-0.1, -0.05) is 50.4 Å². The first-order chi connectivity index (χ1) is 9.89. The maximum Gasteiger partial charge on any atom is 0.163 e. The fourth-order valence-corrected chi connectivity index (χ4v) is 4.10. The van der Waals surface area contributed by atoms with Crippen molar-refractivity contribution in [1.82, 2.24) is 9.97 Å². The fourth-order valence-electron chi connectivity index (χ4n) is 3.27. The molecule has 0 saturated heterocycles. The Morgan fingerprint density at radius 2 is 1.90 bits per heavy atom. The van der Waals surface area contributed by atoms with E-state index in [1.54, 1.807) is 0 Å². The van der Waals surface area contributed by atoms with Crippen molar-refractivity contribution in [1.29, 1.82) is 0 Å². The van der Waals surface area contributed by atoms with Crippen LogP contribution in [0.25, 0.3) is 0 Å². The Bertz CT molecular complexity index is 480. The third-order valence-electron chi connectivity index (χ3n) is 4.21. The minimum absolute atomic E-state index is 0.201. The molecule has 5 heteroatoms. The zero-order valence-corrected chi connectivity index (χ0v) is 14.8. The van der Waals surface area contributed by atoms with Gasteiger partial charge in [0.1, 0.15) is 15.9 Å². The number of halogens is 2. The molecule has 3 nitrogen and oxygen atoms in total. The average Bonchev–Trinajstić information content (AvgIpc) is 2.37. The van der Waals surface area contributed by atoms with E-state index in [9.17, 15) is 0 Å². The number of hydrogen-bond acceptors (Lipinski definition) is 3. The molecular weight excluding hydrogens is 307 g/mol. The van der Waals surface area contributed by atoms with Crippen LogP contribution < -0.4 is 0 Å². The SMILES string of the molecule is CCOC1(c2nc(Cl)c(C(C)C)c(Cl)n2)CCCC(C)C1. The van der Waals surface area contributed by atoms with E-state index in [1.165, 1.54) is 6.42 Å². The summed E-state index contributed by atoms with van der Waals surface area (Å²) in [7, 11) is 0. The van der Waals surface area contributed by atoms with Gasteiger partial charge in [-0.2, -0.15) is 0 Å². The van der Waals surface area contributed by atoms with Crippen molar-refractivity contribution in [2.24, 2.45) is 5.92 Å². The first kappa shape index (κ1) is 17.0. The van der Waals surface area contributed by atoms with E-state index in [-0.39, 0.29) is 5.92 Å². The molecule has 0 aromatic carbocycles. The number of aromatic nitrogens is 2. The standard InChI is InChI=1S/C16H24Cl2N2O/c1-5-21-16(8-6-7-11(4)9-16)15-19-13(17)12(10(2)3)14(18)20-15/h10-11H,5-9H2,1-4H3. The topological polar surface area (TPSA) is 35.0 Å². The summed E-state index contributed by atoms with van der Waals surface area (Å²) in [6, 6.07) is 0. The summed E-state index contributed by atoms with van der Waals surface area (Å²) in [5.74, 6) is 1.44. The second-order valence-corrected chi connectivity index (χ2v) is 7.04. The number of ether oxygens (including phenoxy) is 1. The van der Waals surface area contributed by atoms with Gasteiger partial charge in [-0.15, -0.1) is 0 Å². The monoisotopic (exact) mass is 330 g/mol. The van der Waals surface area contributed by atoms with Gasteiger partial charge in [0.05, 0.1) is 0 Å². The van der Waals surface area contributed by atoms with Crippen LogP contribution in [-0.2, 0) is 10.3 Å². The van der Waals surface area contributed by atoms with Crippen LogP contribution in [0.4, 0.5) is 0 Å². The van der Waals surface area contributed by atoms with Gasteiger partial charge in [-0.05, 0) is 38.0 Å². The minimum atomic E-state index is -0.435. The van der Waals surface area contributed by atoms with Gasteiger partial charge in [0.2, 0.25) is 0 Å². The maximum absolute atomic E-state index is 6.36. The third-order valence-corrected chi connectivity index (χ3v) is 4.79. The quantitative estimate of drug-likeness (QED) is 0.698. The summed E-state index contributed by atoms with van der Waals surface area (Å²) in [6.45, 7) is 8.97. The molecule has 2 rings (SSSR count). The largest absolute Gasteiger partial charge is 0.367 e. The lowest BCUT2D eigenvalue weighted by Crippen LogP contribution is -2.37. The fraction of sp³-hybridized carbons (Fsp3) is 0.750. The number of hydrogen-bond donors (Lipinski definition) is 0. The first-order valence-electron chi connectivity index (χ1n) is 7.77. The Balaban J connectivity index is 2.46. The second-order valence-electron chi connectivity index (χ2n) is 6.33. The number of rotatable bonds is 4. The van der Waals surface area contributed by atoms with Crippen LogP contribution in [0.5, 0.6) is 0 Å². The van der Waals surface area contributed by atoms with Crippen molar-refractivity contribution in [2.45, 2.75) is 64.9 Å². The molecule has 2 unspecified atom stereocenters. The van der Waals surface area contributed by atoms with Crippen molar-refractivity contribution in [3.63, 3.8) is 0 Å². The summed E-state index contributed by atoms with van der Waals surface area (Å²) in [4.78, 5) is 9.10. The highest BCUT2D eigenvalue weighted by atomic mass is 35.5. The normalized spacial score (nSPS) is 26.3. The Labute approximate surface area is 137 Å². The van der Waals surface area contributed by atoms with Crippen molar-refractivity contribution in [2.75, 3.05) is 6.61 Å². The van der Waals surface area contributed by atoms with Crippen LogP contribution in [0.1, 0.15) is 70.7 Å². The zero-order chi connectivity index (χ0) is 15.6. The average molecular weight is 331 g/mol. The highest BCUT2D eigenvalue weighted by molar-refractivity contribution is 6.34. The van der Waals surface area contributed by atoms with Gasteiger partial charge < -0.3 is 4.74 Å². The van der Waals surface area contributed by atoms with Crippen LogP contribution in [0, 0.1) is 5.92 Å². The Hall–Kier alpha value is -0.380. The molecule has 0 bridgehead atoms. The summed E-state index contributed by atoms with van der Waals surface area (Å²) >= 11 is 12.7. The Morgan fingerprint density at radius 3 is 2.38 bits per heavy atom. The van der Waals surface area contributed by atoms with Gasteiger partial charge in [0, 0.05) is 12.2 Å². The molecule has 0 amide bonds. The van der Waals surface area contributed by atoms with Gasteiger partial charge in [-0.25, -0.2) is 9.97 Å². The van der Waals surface area contributed by atoms with E-state index in [1.807, 2.05) is 20.8 Å². The van der Waals surface area contributed by atoms with Gasteiger partial charge >= 0.3 is 0 Å². The molecule has 0 aliphatic heterocycles. The van der Waals surface area contributed by atoms with Crippen molar-refractivity contribution < 1.29 is 4.74 Å². The lowest BCUT2D eigenvalue weighted by molar-refractivity contribution is -0.0881. The van der Waals surface area contributed by atoms with Crippen molar-refractivity contribution in [3.05, 3.63) is 21.7 Å². The molecule has 1 fully saturated rings. The molecular formula is C16H24Cl2N2O. The molecule has 1 aromatic heterocycles. The molecule has 1 saturated carbocycles. The van der Waals surface area contributed by atoms with E-state index in [2.05, 4.69) is 16.9 Å². The van der Waals surface area contributed by atoms with Crippen LogP contribution in [0.2, 0.25) is 10.3 Å². The Morgan fingerprint density at radius 1 is 1.29 bits per heavy atom. The zero-order valence-electron chi connectivity index (χ0n) is 13.2. The first-order valence-corrected chi connectivity index (χ1v) is 8.52. The lowest BCUT2D eigenvalue weighted by atomic mass is 9.78. The molecule has 1 aliphatic carbocycles. The highest BCUT2D eigenvalue weighted by Gasteiger charge is 2.40. The van der Waals surface area contributed by atoms with E-state index in [0.717, 1.165) is 24.8 Å². The summed E-state index contributed by atoms with van der Waals surface area (Å²) in [5, 5.41) is 0.912. The molecule has 0 spiro atoms. The third kappa shape index (κ3) is 3.52. The molecule has 1 aliphatic rings. The van der Waals surface area contributed by atoms with Gasteiger partial charge in [-0.3, -0.25) is 0 Å². The molecule has 0 N–H and O–H groups in total. The van der Waals surface area contributed by atoms with Crippen molar-refractivity contribution in [3.8, 4) is 0 Å². The number of nitrogens with zero attached hydrogens (tertiary/aromatic N) is 2. The van der Waals surface area contributed by atoms with E-state index >= 15 is 0 Å². The summed E-state index contributed by atoms with van der Waals surface area (Å²) in [6.07, 6.45) is 4.19. The molecule has 118 valence electrons. The predicted molar refractivity (Wildman–Crippen MR) is 87.1 cm³/mol. The van der Waals surface area contributed by atoms with Crippen molar-refractivity contribution >= 4 is 23.2 Å². The van der Waals surface area contributed by atoms with Crippen LogP contribution >= 0.6 is 23.2 Å². The predicted octanol–water partition coefficient (Wildman–Crippen LogP) is 5.35. The summed E-state index contributed by atoms with van der Waals surface area (Å²) in [5.41, 5.74) is 0.382. The smallest absolute Gasteiger partial charge is 0.163 e. The molecule has 2 atom stereocenters. The summed E-state index contributed by atoms with van der Waals surface area (Å²) < 4.78 is 6.09. The van der Waals surface area contributed by atoms with Crippen LogP contribution in [0.3, 0.4) is 0 Å². The molecule has 1 aromatic rings. The van der Waals surface area contributed by atoms with Crippen LogP contribution in [-0.4, -0.2) is 16.6 Å². The van der Waals surface area contributed by atoms with Crippen LogP contribution in [0.15, 0.2) is 0 Å². The van der Waals surface area contributed by atoms with E-state index < -0.39 is 5.60 Å². The van der Waals surface area contributed by atoms with Gasteiger partial charge in [0.15, 0.2) is 5.82 Å². The van der Waals surface area contributed by atoms with E-state index in [0.29, 0.717) is 28.7 Å². The molecule has 21 heavy (non-hydrogen) atoms. The highest BCUT2D eigenvalue weighted by Crippen LogP contribution is 2.43. The second kappa shape index (κ2) is 6.80. The minimum Gasteiger partial charge on any atom is -0.367 e. The van der Waals surface area contributed by atoms with Gasteiger partial charge in [0.25, 0.3) is 0 Å². The van der Waals surface area contributed by atoms with E-state index in [4.69, 9.17) is 27.9 Å². The Kier molecular flexibility index (Phi) is 5.50.